The number of aliphatic hydroxyl groups excluding tert-OH is 1. The van der Waals surface area contributed by atoms with Crippen molar-refractivity contribution in [3.63, 3.8) is 0 Å². The van der Waals surface area contributed by atoms with E-state index in [2.05, 4.69) is 0 Å². The van der Waals surface area contributed by atoms with Crippen LogP contribution in [0.1, 0.15) is 17.3 Å². The molecule has 0 aromatic heterocycles. The largest absolute Gasteiger partial charge is 0.392 e. The molecule has 0 bridgehead atoms. The number of nitrogens with zero attached hydrogens (tertiary/aromatic N) is 1. The van der Waals surface area contributed by atoms with Crippen molar-refractivity contribution in [2.45, 2.75) is 13.0 Å². The van der Waals surface area contributed by atoms with Crippen LogP contribution in [-0.4, -0.2) is 29.4 Å². The maximum atomic E-state index is 12.9. The number of halogens is 1. The number of carbonyl (C=O) groups excluding carboxylic acids is 2. The fraction of sp³-hybridized carbons (Fsp3) is 0.273. The van der Waals surface area contributed by atoms with Gasteiger partial charge in [-0.3, -0.25) is 9.59 Å². The van der Waals surface area contributed by atoms with Crippen molar-refractivity contribution >= 4 is 17.4 Å². The Morgan fingerprint density at radius 3 is 2.75 bits per heavy atom. The minimum absolute atomic E-state index is 0.0310. The van der Waals surface area contributed by atoms with Crippen molar-refractivity contribution in [3.05, 3.63) is 29.6 Å². The number of fused-ring (bicyclic) bond motifs is 1. The molecule has 5 heteroatoms. The number of hydrogen-bond acceptors (Lipinski definition) is 3. The fourth-order valence-electron chi connectivity index (χ4n) is 1.72. The van der Waals surface area contributed by atoms with Crippen molar-refractivity contribution in [1.82, 2.24) is 0 Å². The molecule has 1 heterocycles. The number of amides is 1. The van der Waals surface area contributed by atoms with Crippen LogP contribution in [0.3, 0.4) is 0 Å². The minimum atomic E-state index is -0.743. The maximum absolute atomic E-state index is 12.9. The predicted octanol–water partition coefficient (Wildman–Crippen LogP) is 0.736. The summed E-state index contributed by atoms with van der Waals surface area (Å²) in [5, 5.41) is 9.22. The number of β-amino-alcohol motifs (C(OH)–C–C–N with tert-alkyl or cyclic N) is 1. The number of aliphatic hydroxyl groups is 1. The molecule has 0 saturated carbocycles. The SMILES string of the molecule is CC(O)CN1C(=O)C(=O)c2cc(F)ccc21. The summed E-state index contributed by atoms with van der Waals surface area (Å²) in [7, 11) is 0. The molecule has 0 radical (unpaired) electrons. The Kier molecular flexibility index (Phi) is 2.47. The molecule has 0 fully saturated rings. The Hall–Kier alpha value is -1.75. The monoisotopic (exact) mass is 223 g/mol. The molecule has 1 aromatic rings. The number of carbonyl (C=O) groups is 2. The minimum Gasteiger partial charge on any atom is -0.392 e. The number of benzene rings is 1. The smallest absolute Gasteiger partial charge is 0.299 e. The maximum Gasteiger partial charge on any atom is 0.299 e. The number of hydrogen-bond donors (Lipinski definition) is 1. The van der Waals surface area contributed by atoms with Gasteiger partial charge in [-0.15, -0.1) is 0 Å². The second kappa shape index (κ2) is 3.68. The van der Waals surface area contributed by atoms with Crippen molar-refractivity contribution in [2.24, 2.45) is 0 Å². The zero-order valence-electron chi connectivity index (χ0n) is 8.61. The van der Waals surface area contributed by atoms with Gasteiger partial charge in [0.2, 0.25) is 0 Å². The summed E-state index contributed by atoms with van der Waals surface area (Å²) < 4.78 is 12.9. The highest BCUT2D eigenvalue weighted by atomic mass is 19.1. The van der Waals surface area contributed by atoms with Gasteiger partial charge >= 0.3 is 0 Å². The zero-order valence-corrected chi connectivity index (χ0v) is 8.61. The lowest BCUT2D eigenvalue weighted by Gasteiger charge is -2.17. The highest BCUT2D eigenvalue weighted by molar-refractivity contribution is 6.52. The van der Waals surface area contributed by atoms with Crippen LogP contribution < -0.4 is 4.90 Å². The summed E-state index contributed by atoms with van der Waals surface area (Å²) in [6.45, 7) is 1.54. The quantitative estimate of drug-likeness (QED) is 0.752. The topological polar surface area (TPSA) is 57.6 Å². The normalized spacial score (nSPS) is 16.6. The van der Waals surface area contributed by atoms with E-state index in [0.717, 1.165) is 6.07 Å². The Bertz CT molecular complexity index is 470. The first-order valence-corrected chi connectivity index (χ1v) is 4.84. The Morgan fingerprint density at radius 1 is 1.44 bits per heavy atom. The lowest BCUT2D eigenvalue weighted by atomic mass is 10.1. The van der Waals surface area contributed by atoms with Gasteiger partial charge < -0.3 is 10.0 Å². The third-order valence-corrected chi connectivity index (χ3v) is 2.38. The highest BCUT2D eigenvalue weighted by Gasteiger charge is 2.36. The van der Waals surface area contributed by atoms with Crippen molar-refractivity contribution in [2.75, 3.05) is 11.4 Å². The first-order chi connectivity index (χ1) is 7.50. The molecule has 16 heavy (non-hydrogen) atoms. The average molecular weight is 223 g/mol. The number of Topliss-reactive ketones (excluding diaryl/α,β-unsaturated/α-hetero) is 1. The molecule has 0 spiro atoms. The molecular formula is C11H10FNO3. The van der Waals surface area contributed by atoms with E-state index >= 15 is 0 Å². The standard InChI is InChI=1S/C11H10FNO3/c1-6(14)5-13-9-3-2-7(12)4-8(9)10(15)11(13)16/h2-4,6,14H,5H2,1H3. The average Bonchev–Trinajstić information content (AvgIpc) is 2.43. The Labute approximate surface area is 91.3 Å². The van der Waals surface area contributed by atoms with E-state index in [1.54, 1.807) is 0 Å². The molecule has 1 unspecified atom stereocenters. The molecule has 1 aliphatic rings. The molecular weight excluding hydrogens is 213 g/mol. The predicted molar refractivity (Wildman–Crippen MR) is 54.8 cm³/mol. The molecule has 1 aromatic carbocycles. The summed E-state index contributed by atoms with van der Waals surface area (Å²) in [6.07, 6.45) is -0.743. The van der Waals surface area contributed by atoms with Crippen LogP contribution in [0.4, 0.5) is 10.1 Å². The van der Waals surface area contributed by atoms with E-state index in [0.29, 0.717) is 5.69 Å². The van der Waals surface area contributed by atoms with Crippen LogP contribution in [-0.2, 0) is 4.79 Å². The summed E-state index contributed by atoms with van der Waals surface area (Å²) in [4.78, 5) is 24.2. The lowest BCUT2D eigenvalue weighted by Crippen LogP contribution is -2.35. The summed E-state index contributed by atoms with van der Waals surface area (Å²) in [5.41, 5.74) is 0.419. The number of rotatable bonds is 2. The Morgan fingerprint density at radius 2 is 2.12 bits per heavy atom. The van der Waals surface area contributed by atoms with Crippen LogP contribution in [0, 0.1) is 5.82 Å². The molecule has 0 saturated heterocycles. The van der Waals surface area contributed by atoms with Crippen LogP contribution in [0.5, 0.6) is 0 Å². The van der Waals surface area contributed by atoms with E-state index in [4.69, 9.17) is 0 Å². The van der Waals surface area contributed by atoms with E-state index in [-0.39, 0.29) is 12.1 Å². The van der Waals surface area contributed by atoms with Gasteiger partial charge in [0.15, 0.2) is 0 Å². The lowest BCUT2D eigenvalue weighted by molar-refractivity contribution is -0.114. The van der Waals surface area contributed by atoms with E-state index in [1.807, 2.05) is 0 Å². The molecule has 1 amide bonds. The number of anilines is 1. The van der Waals surface area contributed by atoms with E-state index < -0.39 is 23.6 Å². The van der Waals surface area contributed by atoms with Crippen molar-refractivity contribution in [1.29, 1.82) is 0 Å². The van der Waals surface area contributed by atoms with Gasteiger partial charge in [0.25, 0.3) is 11.7 Å². The van der Waals surface area contributed by atoms with Crippen molar-refractivity contribution < 1.29 is 19.1 Å². The molecule has 84 valence electrons. The van der Waals surface area contributed by atoms with Gasteiger partial charge in [-0.1, -0.05) is 0 Å². The summed E-state index contributed by atoms with van der Waals surface area (Å²) in [5.74, 6) is -2.00. The van der Waals surface area contributed by atoms with Crippen LogP contribution in [0.15, 0.2) is 18.2 Å². The van der Waals surface area contributed by atoms with Crippen LogP contribution in [0.25, 0.3) is 0 Å². The molecule has 4 nitrogen and oxygen atoms in total. The first kappa shape index (κ1) is 10.8. The van der Waals surface area contributed by atoms with Crippen LogP contribution >= 0.6 is 0 Å². The fourth-order valence-corrected chi connectivity index (χ4v) is 1.72. The molecule has 0 aliphatic carbocycles. The first-order valence-electron chi connectivity index (χ1n) is 4.84. The number of ketones is 1. The molecule has 2 rings (SSSR count). The molecule has 1 N–H and O–H groups in total. The van der Waals surface area contributed by atoms with Gasteiger partial charge in [0, 0.05) is 0 Å². The summed E-state index contributed by atoms with van der Waals surface area (Å²) >= 11 is 0. The highest BCUT2D eigenvalue weighted by Crippen LogP contribution is 2.29. The molecule has 1 aliphatic heterocycles. The summed E-state index contributed by atoms with van der Waals surface area (Å²) in [6, 6.07) is 3.59. The third kappa shape index (κ3) is 1.59. The van der Waals surface area contributed by atoms with Gasteiger partial charge in [-0.2, -0.15) is 0 Å². The van der Waals surface area contributed by atoms with E-state index in [1.165, 1.54) is 24.0 Å². The van der Waals surface area contributed by atoms with Gasteiger partial charge in [-0.25, -0.2) is 4.39 Å². The van der Waals surface area contributed by atoms with Crippen molar-refractivity contribution in [3.8, 4) is 0 Å². The molecule has 1 atom stereocenters. The Balaban J connectivity index is 2.46. The van der Waals surface area contributed by atoms with E-state index in [9.17, 15) is 19.1 Å². The van der Waals surface area contributed by atoms with Gasteiger partial charge in [0.1, 0.15) is 5.82 Å². The van der Waals surface area contributed by atoms with Gasteiger partial charge in [-0.05, 0) is 25.1 Å². The second-order valence-corrected chi connectivity index (χ2v) is 3.76. The third-order valence-electron chi connectivity index (χ3n) is 2.38. The zero-order chi connectivity index (χ0) is 11.9. The second-order valence-electron chi connectivity index (χ2n) is 3.76. The van der Waals surface area contributed by atoms with Crippen LogP contribution in [0.2, 0.25) is 0 Å². The van der Waals surface area contributed by atoms with Gasteiger partial charge in [0.05, 0.1) is 23.9 Å².